The number of carboxylic acids is 1. The van der Waals surface area contributed by atoms with Crippen molar-refractivity contribution in [2.45, 2.75) is 26.8 Å². The van der Waals surface area contributed by atoms with E-state index in [0.717, 1.165) is 5.69 Å². The zero-order chi connectivity index (χ0) is 13.7. The summed E-state index contributed by atoms with van der Waals surface area (Å²) in [4.78, 5) is 26.5. The van der Waals surface area contributed by atoms with E-state index in [4.69, 9.17) is 5.11 Å². The van der Waals surface area contributed by atoms with E-state index in [0.29, 0.717) is 5.69 Å². The summed E-state index contributed by atoms with van der Waals surface area (Å²) in [6, 6.07) is 1.99. The van der Waals surface area contributed by atoms with E-state index < -0.39 is 18.0 Å². The number of carboxylic acid groups (broad SMARTS) is 1. The molecule has 0 saturated carbocycles. The normalized spacial score (nSPS) is 12.0. The SMILES string of the molecule is Cc1ccc(NC(=O)N[C@@H](C(=O)O)C(C)C)cn1. The van der Waals surface area contributed by atoms with Gasteiger partial charge < -0.3 is 15.7 Å². The summed E-state index contributed by atoms with van der Waals surface area (Å²) in [5.41, 5.74) is 1.36. The van der Waals surface area contributed by atoms with E-state index in [-0.39, 0.29) is 5.92 Å². The fourth-order valence-corrected chi connectivity index (χ4v) is 1.36. The smallest absolute Gasteiger partial charge is 0.326 e. The van der Waals surface area contributed by atoms with Gasteiger partial charge >= 0.3 is 12.0 Å². The highest BCUT2D eigenvalue weighted by molar-refractivity contribution is 5.92. The highest BCUT2D eigenvalue weighted by Gasteiger charge is 2.23. The predicted octanol–water partition coefficient (Wildman–Crippen LogP) is 1.62. The van der Waals surface area contributed by atoms with Crippen LogP contribution in [0.2, 0.25) is 0 Å². The second kappa shape index (κ2) is 6.00. The van der Waals surface area contributed by atoms with Gasteiger partial charge in [-0.15, -0.1) is 0 Å². The van der Waals surface area contributed by atoms with E-state index in [1.807, 2.05) is 6.92 Å². The molecule has 0 aliphatic carbocycles. The van der Waals surface area contributed by atoms with Crippen molar-refractivity contribution in [2.24, 2.45) is 5.92 Å². The second-order valence-corrected chi connectivity index (χ2v) is 4.35. The van der Waals surface area contributed by atoms with Gasteiger partial charge in [0.15, 0.2) is 0 Å². The number of aryl methyl sites for hydroxylation is 1. The molecular weight excluding hydrogens is 234 g/mol. The Labute approximate surface area is 105 Å². The number of hydrogen-bond acceptors (Lipinski definition) is 3. The largest absolute Gasteiger partial charge is 0.480 e. The minimum absolute atomic E-state index is 0.190. The third-order valence-corrected chi connectivity index (χ3v) is 2.39. The first-order chi connectivity index (χ1) is 8.40. The lowest BCUT2D eigenvalue weighted by Gasteiger charge is -2.18. The zero-order valence-electron chi connectivity index (χ0n) is 10.6. The third-order valence-electron chi connectivity index (χ3n) is 2.39. The number of aromatic nitrogens is 1. The molecule has 0 bridgehead atoms. The maximum Gasteiger partial charge on any atom is 0.326 e. The van der Waals surface area contributed by atoms with Crippen LogP contribution in [0.15, 0.2) is 18.3 Å². The number of nitrogens with one attached hydrogen (secondary N) is 2. The molecule has 18 heavy (non-hydrogen) atoms. The third kappa shape index (κ3) is 4.04. The molecule has 6 heteroatoms. The van der Waals surface area contributed by atoms with Gasteiger partial charge in [-0.3, -0.25) is 4.98 Å². The molecule has 0 aromatic carbocycles. The van der Waals surface area contributed by atoms with E-state index in [2.05, 4.69) is 15.6 Å². The predicted molar refractivity (Wildman–Crippen MR) is 67.4 cm³/mol. The molecule has 1 aromatic rings. The zero-order valence-corrected chi connectivity index (χ0v) is 10.6. The van der Waals surface area contributed by atoms with Crippen LogP contribution >= 0.6 is 0 Å². The number of anilines is 1. The van der Waals surface area contributed by atoms with Gasteiger partial charge in [0.25, 0.3) is 0 Å². The molecule has 1 rings (SSSR count). The average Bonchev–Trinajstić information content (AvgIpc) is 2.28. The van der Waals surface area contributed by atoms with Crippen LogP contribution in [-0.4, -0.2) is 28.1 Å². The monoisotopic (exact) mass is 251 g/mol. The van der Waals surface area contributed by atoms with Crippen molar-refractivity contribution in [3.63, 3.8) is 0 Å². The number of nitrogens with zero attached hydrogens (tertiary/aromatic N) is 1. The molecule has 1 heterocycles. The molecule has 0 saturated heterocycles. The van der Waals surface area contributed by atoms with Crippen LogP contribution < -0.4 is 10.6 Å². The summed E-state index contributed by atoms with van der Waals surface area (Å²) >= 11 is 0. The van der Waals surface area contributed by atoms with E-state index in [1.165, 1.54) is 6.20 Å². The maximum atomic E-state index is 11.6. The van der Waals surface area contributed by atoms with Crippen molar-refractivity contribution in [2.75, 3.05) is 5.32 Å². The molecule has 1 aromatic heterocycles. The molecule has 6 nitrogen and oxygen atoms in total. The first-order valence-electron chi connectivity index (χ1n) is 5.63. The fourth-order valence-electron chi connectivity index (χ4n) is 1.36. The number of carbonyl (C=O) groups excluding carboxylic acids is 1. The van der Waals surface area contributed by atoms with Gasteiger partial charge in [0.2, 0.25) is 0 Å². The van der Waals surface area contributed by atoms with Crippen LogP contribution in [0, 0.1) is 12.8 Å². The van der Waals surface area contributed by atoms with E-state index in [9.17, 15) is 9.59 Å². The molecule has 0 aliphatic heterocycles. The van der Waals surface area contributed by atoms with Crippen LogP contribution in [-0.2, 0) is 4.79 Å². The highest BCUT2D eigenvalue weighted by Crippen LogP contribution is 2.06. The Balaban J connectivity index is 2.60. The van der Waals surface area contributed by atoms with Crippen LogP contribution in [0.4, 0.5) is 10.5 Å². The lowest BCUT2D eigenvalue weighted by molar-refractivity contribution is -0.140. The molecule has 0 unspecified atom stereocenters. The Morgan fingerprint density at radius 2 is 2.00 bits per heavy atom. The average molecular weight is 251 g/mol. The number of carbonyl (C=O) groups is 2. The highest BCUT2D eigenvalue weighted by atomic mass is 16.4. The van der Waals surface area contributed by atoms with Crippen molar-refractivity contribution < 1.29 is 14.7 Å². The van der Waals surface area contributed by atoms with Crippen LogP contribution in [0.25, 0.3) is 0 Å². The Kier molecular flexibility index (Phi) is 4.65. The summed E-state index contributed by atoms with van der Waals surface area (Å²) in [6.07, 6.45) is 1.51. The Morgan fingerprint density at radius 3 is 2.44 bits per heavy atom. The Morgan fingerprint density at radius 1 is 1.33 bits per heavy atom. The quantitative estimate of drug-likeness (QED) is 0.758. The number of urea groups is 1. The van der Waals surface area contributed by atoms with Gasteiger partial charge in [-0.2, -0.15) is 0 Å². The topological polar surface area (TPSA) is 91.3 Å². The van der Waals surface area contributed by atoms with Gasteiger partial charge in [-0.1, -0.05) is 13.8 Å². The molecule has 3 N–H and O–H groups in total. The van der Waals surface area contributed by atoms with Crippen molar-refractivity contribution in [3.05, 3.63) is 24.0 Å². The van der Waals surface area contributed by atoms with Gasteiger partial charge in [0.05, 0.1) is 11.9 Å². The minimum Gasteiger partial charge on any atom is -0.480 e. The van der Waals surface area contributed by atoms with Crippen molar-refractivity contribution in [1.82, 2.24) is 10.3 Å². The molecule has 0 aliphatic rings. The number of hydrogen-bond donors (Lipinski definition) is 3. The number of amides is 2. The van der Waals surface area contributed by atoms with Crippen molar-refractivity contribution in [3.8, 4) is 0 Å². The summed E-state index contributed by atoms with van der Waals surface area (Å²) in [5.74, 6) is -1.24. The molecule has 0 spiro atoms. The molecule has 1 atom stereocenters. The van der Waals surface area contributed by atoms with Crippen LogP contribution in [0.3, 0.4) is 0 Å². The fraction of sp³-hybridized carbons (Fsp3) is 0.417. The molecular formula is C12H17N3O3. The lowest BCUT2D eigenvalue weighted by atomic mass is 10.1. The first-order valence-corrected chi connectivity index (χ1v) is 5.63. The standard InChI is InChI=1S/C12H17N3O3/c1-7(2)10(11(16)17)15-12(18)14-9-5-4-8(3)13-6-9/h4-7,10H,1-3H3,(H,16,17)(H2,14,15,18)/t10-/m1/s1. The first kappa shape index (κ1) is 14.0. The van der Waals surface area contributed by atoms with Crippen molar-refractivity contribution in [1.29, 1.82) is 0 Å². The summed E-state index contributed by atoms with van der Waals surface area (Å²) in [6.45, 7) is 5.29. The van der Waals surface area contributed by atoms with Gasteiger partial charge in [-0.25, -0.2) is 9.59 Å². The molecule has 0 radical (unpaired) electrons. The summed E-state index contributed by atoms with van der Waals surface area (Å²) in [7, 11) is 0. The van der Waals surface area contributed by atoms with Crippen molar-refractivity contribution >= 4 is 17.7 Å². The van der Waals surface area contributed by atoms with E-state index >= 15 is 0 Å². The summed E-state index contributed by atoms with van der Waals surface area (Å²) < 4.78 is 0. The van der Waals surface area contributed by atoms with Crippen LogP contribution in [0.1, 0.15) is 19.5 Å². The van der Waals surface area contributed by atoms with Gasteiger partial charge in [0, 0.05) is 5.69 Å². The lowest BCUT2D eigenvalue weighted by Crippen LogP contribution is -2.46. The number of rotatable bonds is 4. The second-order valence-electron chi connectivity index (χ2n) is 4.35. The Hall–Kier alpha value is -2.11. The van der Waals surface area contributed by atoms with Gasteiger partial charge in [0.1, 0.15) is 6.04 Å². The molecule has 98 valence electrons. The minimum atomic E-state index is -1.05. The molecule has 2 amide bonds. The molecule has 0 fully saturated rings. The Bertz CT molecular complexity index is 429. The number of pyridine rings is 1. The van der Waals surface area contributed by atoms with Gasteiger partial charge in [-0.05, 0) is 25.0 Å². The summed E-state index contributed by atoms with van der Waals surface area (Å²) in [5, 5.41) is 13.9. The van der Waals surface area contributed by atoms with Crippen LogP contribution in [0.5, 0.6) is 0 Å². The number of aliphatic carboxylic acids is 1. The maximum absolute atomic E-state index is 11.6. The van der Waals surface area contributed by atoms with E-state index in [1.54, 1.807) is 26.0 Å².